The third-order valence-electron chi connectivity index (χ3n) is 3.75. The number of benzene rings is 1. The Morgan fingerprint density at radius 1 is 1.13 bits per heavy atom. The second kappa shape index (κ2) is 7.22. The Labute approximate surface area is 145 Å². The van der Waals surface area contributed by atoms with Crippen LogP contribution >= 0.6 is 23.2 Å². The van der Waals surface area contributed by atoms with Gasteiger partial charge in [-0.25, -0.2) is 0 Å². The summed E-state index contributed by atoms with van der Waals surface area (Å²) < 4.78 is 5.38. The molecule has 1 aliphatic heterocycles. The zero-order valence-corrected chi connectivity index (χ0v) is 14.0. The molecule has 1 saturated heterocycles. The molecular weight excluding hydrogens is 335 g/mol. The Morgan fingerprint density at radius 3 is 2.48 bits per heavy atom. The molecule has 0 atom stereocenters. The van der Waals surface area contributed by atoms with Crippen molar-refractivity contribution in [1.82, 2.24) is 15.0 Å². The second-order valence-corrected chi connectivity index (χ2v) is 6.21. The third kappa shape index (κ3) is 3.97. The van der Waals surface area contributed by atoms with Crippen LogP contribution in [0.15, 0.2) is 22.7 Å². The number of hydrogen-bond acceptors (Lipinski definition) is 5. The van der Waals surface area contributed by atoms with E-state index in [4.69, 9.17) is 34.1 Å². The highest BCUT2D eigenvalue weighted by molar-refractivity contribution is 6.35. The van der Waals surface area contributed by atoms with Crippen LogP contribution in [-0.2, 0) is 0 Å². The number of halogens is 2. The fourth-order valence-electron chi connectivity index (χ4n) is 2.53. The van der Waals surface area contributed by atoms with Gasteiger partial charge in [-0.1, -0.05) is 28.4 Å². The lowest BCUT2D eigenvalue weighted by Crippen LogP contribution is -2.46. The van der Waals surface area contributed by atoms with E-state index in [-0.39, 0.29) is 0 Å². The number of piperazine rings is 1. The van der Waals surface area contributed by atoms with Crippen LogP contribution in [-0.4, -0.2) is 47.8 Å². The van der Waals surface area contributed by atoms with Crippen LogP contribution in [0.4, 0.5) is 6.01 Å². The van der Waals surface area contributed by atoms with Crippen LogP contribution in [0.25, 0.3) is 11.4 Å². The minimum absolute atomic E-state index is 0.485. The Hall–Kier alpha value is -1.74. The number of anilines is 1. The third-order valence-corrected chi connectivity index (χ3v) is 4.19. The highest BCUT2D eigenvalue weighted by Crippen LogP contribution is 2.27. The van der Waals surface area contributed by atoms with E-state index in [0.29, 0.717) is 21.9 Å². The lowest BCUT2D eigenvalue weighted by atomic mass is 10.2. The van der Waals surface area contributed by atoms with E-state index < -0.39 is 0 Å². The first-order valence-electron chi connectivity index (χ1n) is 7.36. The molecule has 1 aromatic carbocycles. The van der Waals surface area contributed by atoms with Crippen molar-refractivity contribution in [3.8, 4) is 23.7 Å². The average Bonchev–Trinajstić information content (AvgIpc) is 3.02. The van der Waals surface area contributed by atoms with Crippen molar-refractivity contribution >= 4 is 29.2 Å². The summed E-state index contributed by atoms with van der Waals surface area (Å²) in [4.78, 5) is 8.87. The molecule has 2 aromatic rings. The number of terminal acetylenes is 1. The maximum absolute atomic E-state index is 6.01. The van der Waals surface area contributed by atoms with Crippen molar-refractivity contribution in [2.45, 2.75) is 6.42 Å². The molecule has 1 aliphatic rings. The van der Waals surface area contributed by atoms with Gasteiger partial charge in [-0.15, -0.1) is 12.3 Å². The Bertz CT molecular complexity index is 697. The number of nitrogens with zero attached hydrogens (tertiary/aromatic N) is 4. The maximum atomic E-state index is 6.01. The molecule has 0 N–H and O–H groups in total. The van der Waals surface area contributed by atoms with E-state index in [1.54, 1.807) is 18.2 Å². The minimum atomic E-state index is 0.485. The Kier molecular flexibility index (Phi) is 5.06. The van der Waals surface area contributed by atoms with Crippen LogP contribution < -0.4 is 4.90 Å². The van der Waals surface area contributed by atoms with Crippen molar-refractivity contribution in [3.63, 3.8) is 0 Å². The van der Waals surface area contributed by atoms with Crippen molar-refractivity contribution < 1.29 is 4.52 Å². The van der Waals surface area contributed by atoms with Crippen molar-refractivity contribution in [1.29, 1.82) is 0 Å². The molecule has 5 nitrogen and oxygen atoms in total. The van der Waals surface area contributed by atoms with Gasteiger partial charge in [0, 0.05) is 54.8 Å². The highest BCUT2D eigenvalue weighted by Gasteiger charge is 2.21. The molecule has 0 spiro atoms. The van der Waals surface area contributed by atoms with E-state index in [2.05, 4.69) is 25.9 Å². The molecule has 1 fully saturated rings. The zero-order valence-electron chi connectivity index (χ0n) is 12.5. The first-order valence-corrected chi connectivity index (χ1v) is 8.12. The van der Waals surface area contributed by atoms with Gasteiger partial charge in [-0.05, 0) is 18.2 Å². The standard InChI is InChI=1S/C16H16Cl2N4O/c1-2-3-4-21-5-7-22(8-6-21)16-19-15(20-23-16)12-9-13(17)11-14(18)10-12/h1,9-11H,3-8H2. The molecule has 7 heteroatoms. The second-order valence-electron chi connectivity index (χ2n) is 5.34. The summed E-state index contributed by atoms with van der Waals surface area (Å²) in [5, 5.41) is 5.11. The van der Waals surface area contributed by atoms with Gasteiger partial charge in [0.15, 0.2) is 0 Å². The van der Waals surface area contributed by atoms with E-state index >= 15 is 0 Å². The smallest absolute Gasteiger partial charge is 0.322 e. The molecule has 0 amide bonds. The molecular formula is C16H16Cl2N4O. The van der Waals surface area contributed by atoms with Gasteiger partial charge in [0.25, 0.3) is 0 Å². The van der Waals surface area contributed by atoms with Crippen LogP contribution in [0.1, 0.15) is 6.42 Å². The Balaban J connectivity index is 1.67. The summed E-state index contributed by atoms with van der Waals surface area (Å²) in [6.45, 7) is 4.47. The summed E-state index contributed by atoms with van der Waals surface area (Å²) in [7, 11) is 0. The summed E-state index contributed by atoms with van der Waals surface area (Å²) >= 11 is 12.0. The van der Waals surface area contributed by atoms with Gasteiger partial charge in [0.2, 0.25) is 5.82 Å². The SMILES string of the molecule is C#CCCN1CCN(c2nc(-c3cc(Cl)cc(Cl)c3)no2)CC1. The zero-order chi connectivity index (χ0) is 16.2. The fourth-order valence-corrected chi connectivity index (χ4v) is 3.06. The quantitative estimate of drug-likeness (QED) is 0.792. The maximum Gasteiger partial charge on any atom is 0.324 e. The lowest BCUT2D eigenvalue weighted by molar-refractivity contribution is 0.255. The Morgan fingerprint density at radius 2 is 1.83 bits per heavy atom. The van der Waals surface area contributed by atoms with Crippen LogP contribution in [0, 0.1) is 12.3 Å². The van der Waals surface area contributed by atoms with E-state index in [9.17, 15) is 0 Å². The number of hydrogen-bond donors (Lipinski definition) is 0. The molecule has 0 radical (unpaired) electrons. The van der Waals surface area contributed by atoms with Crippen LogP contribution in [0.5, 0.6) is 0 Å². The lowest BCUT2D eigenvalue weighted by Gasteiger charge is -2.33. The predicted molar refractivity (Wildman–Crippen MR) is 91.9 cm³/mol. The summed E-state index contributed by atoms with van der Waals surface area (Å²) in [6.07, 6.45) is 6.08. The summed E-state index contributed by atoms with van der Waals surface area (Å²) in [5.74, 6) is 3.16. The van der Waals surface area contributed by atoms with Crippen LogP contribution in [0.3, 0.4) is 0 Å². The number of rotatable bonds is 4. The highest BCUT2D eigenvalue weighted by atomic mass is 35.5. The van der Waals surface area contributed by atoms with Crippen LogP contribution in [0.2, 0.25) is 10.0 Å². The van der Waals surface area contributed by atoms with E-state index in [0.717, 1.165) is 44.7 Å². The molecule has 2 heterocycles. The van der Waals surface area contributed by atoms with Gasteiger partial charge in [-0.2, -0.15) is 4.98 Å². The molecule has 0 aliphatic carbocycles. The summed E-state index contributed by atoms with van der Waals surface area (Å²) in [6, 6.07) is 5.72. The van der Waals surface area contributed by atoms with Gasteiger partial charge in [-0.3, -0.25) is 4.90 Å². The molecule has 120 valence electrons. The molecule has 0 saturated carbocycles. The minimum Gasteiger partial charge on any atom is -0.322 e. The molecule has 0 bridgehead atoms. The van der Waals surface area contributed by atoms with Crippen molar-refractivity contribution in [2.75, 3.05) is 37.6 Å². The monoisotopic (exact) mass is 350 g/mol. The van der Waals surface area contributed by atoms with Gasteiger partial charge in [0.05, 0.1) is 0 Å². The largest absolute Gasteiger partial charge is 0.324 e. The van der Waals surface area contributed by atoms with Gasteiger partial charge < -0.3 is 9.42 Å². The fraction of sp³-hybridized carbons (Fsp3) is 0.375. The normalized spacial score (nSPS) is 15.6. The molecule has 3 rings (SSSR count). The summed E-state index contributed by atoms with van der Waals surface area (Å²) in [5.41, 5.74) is 0.741. The van der Waals surface area contributed by atoms with E-state index in [1.807, 2.05) is 0 Å². The van der Waals surface area contributed by atoms with Gasteiger partial charge in [0.1, 0.15) is 0 Å². The molecule has 23 heavy (non-hydrogen) atoms. The predicted octanol–water partition coefficient (Wildman–Crippen LogP) is 3.19. The van der Waals surface area contributed by atoms with E-state index in [1.165, 1.54) is 0 Å². The van der Waals surface area contributed by atoms with Crippen molar-refractivity contribution in [3.05, 3.63) is 28.2 Å². The molecule has 1 aromatic heterocycles. The first-order chi connectivity index (χ1) is 11.2. The van der Waals surface area contributed by atoms with Gasteiger partial charge >= 0.3 is 6.01 Å². The number of aromatic nitrogens is 2. The molecule has 0 unspecified atom stereocenters. The van der Waals surface area contributed by atoms with Crippen molar-refractivity contribution in [2.24, 2.45) is 0 Å². The first kappa shape index (κ1) is 16.1. The topological polar surface area (TPSA) is 45.4 Å². The average molecular weight is 351 g/mol.